The first kappa shape index (κ1) is 8.00. The molecule has 0 radical (unpaired) electrons. The van der Waals surface area contributed by atoms with Gasteiger partial charge >= 0.3 is 5.97 Å². The quantitative estimate of drug-likeness (QED) is 0.743. The maximum Gasteiger partial charge on any atom is 0.358 e. The van der Waals surface area contributed by atoms with Crippen molar-refractivity contribution in [1.29, 1.82) is 0 Å². The van der Waals surface area contributed by atoms with Gasteiger partial charge in [-0.1, -0.05) is 11.6 Å². The first-order valence-electron chi connectivity index (χ1n) is 3.41. The van der Waals surface area contributed by atoms with E-state index in [-0.39, 0.29) is 16.5 Å². The van der Waals surface area contributed by atoms with E-state index in [1.54, 1.807) is 6.20 Å². The lowest BCUT2D eigenvalue weighted by Gasteiger charge is -1.98. The molecule has 0 amide bonds. The SMILES string of the molecule is O=C(O)c1nc(Cl)cn2ccnc12. The average molecular weight is 198 g/mol. The van der Waals surface area contributed by atoms with Gasteiger partial charge in [-0.15, -0.1) is 0 Å². The lowest BCUT2D eigenvalue weighted by molar-refractivity contribution is 0.0692. The zero-order valence-corrected chi connectivity index (χ0v) is 7.06. The Bertz CT molecular complexity index is 480. The number of carboxylic acid groups (broad SMARTS) is 1. The van der Waals surface area contributed by atoms with Crippen LogP contribution in [-0.2, 0) is 0 Å². The molecule has 0 fully saturated rings. The predicted octanol–water partition coefficient (Wildman–Crippen LogP) is 1.08. The summed E-state index contributed by atoms with van der Waals surface area (Å²) in [6.45, 7) is 0. The Hall–Kier alpha value is -1.62. The molecule has 0 aliphatic heterocycles. The first-order valence-corrected chi connectivity index (χ1v) is 3.79. The van der Waals surface area contributed by atoms with E-state index in [1.807, 2.05) is 0 Å². The lowest BCUT2D eigenvalue weighted by Crippen LogP contribution is -2.04. The summed E-state index contributed by atoms with van der Waals surface area (Å²) in [6.07, 6.45) is 4.59. The minimum absolute atomic E-state index is 0.128. The van der Waals surface area contributed by atoms with Gasteiger partial charge in [0.2, 0.25) is 0 Å². The molecule has 0 aromatic carbocycles. The molecule has 2 rings (SSSR count). The van der Waals surface area contributed by atoms with E-state index in [1.165, 1.54) is 16.8 Å². The summed E-state index contributed by atoms with van der Waals surface area (Å²) < 4.78 is 1.51. The molecule has 2 aromatic rings. The zero-order valence-electron chi connectivity index (χ0n) is 6.31. The van der Waals surface area contributed by atoms with Crippen molar-refractivity contribution in [1.82, 2.24) is 14.4 Å². The molecule has 0 atom stereocenters. The number of carboxylic acids is 1. The number of aromatic nitrogens is 3. The van der Waals surface area contributed by atoms with E-state index < -0.39 is 5.97 Å². The molecule has 0 bridgehead atoms. The molecule has 2 aromatic heterocycles. The van der Waals surface area contributed by atoms with E-state index >= 15 is 0 Å². The van der Waals surface area contributed by atoms with Crippen LogP contribution in [0.3, 0.4) is 0 Å². The molecule has 0 aliphatic rings. The van der Waals surface area contributed by atoms with Crippen LogP contribution in [0, 0.1) is 0 Å². The Balaban J connectivity index is 2.84. The fraction of sp³-hybridized carbons (Fsp3) is 0. The Morgan fingerprint density at radius 1 is 1.62 bits per heavy atom. The molecule has 1 N–H and O–H groups in total. The van der Waals surface area contributed by atoms with Crippen molar-refractivity contribution < 1.29 is 9.90 Å². The predicted molar refractivity (Wildman–Crippen MR) is 45.0 cm³/mol. The monoisotopic (exact) mass is 197 g/mol. The third-order valence-electron chi connectivity index (χ3n) is 1.55. The molecule has 0 unspecified atom stereocenters. The summed E-state index contributed by atoms with van der Waals surface area (Å²) >= 11 is 5.60. The van der Waals surface area contributed by atoms with Crippen LogP contribution in [-0.4, -0.2) is 25.4 Å². The van der Waals surface area contributed by atoms with E-state index in [0.29, 0.717) is 0 Å². The largest absolute Gasteiger partial charge is 0.476 e. The molecule has 5 nitrogen and oxygen atoms in total. The van der Waals surface area contributed by atoms with Crippen LogP contribution in [0.25, 0.3) is 5.65 Å². The molecule has 0 saturated heterocycles. The van der Waals surface area contributed by atoms with Crippen LogP contribution in [0.5, 0.6) is 0 Å². The summed E-state index contributed by atoms with van der Waals surface area (Å²) in [4.78, 5) is 18.2. The van der Waals surface area contributed by atoms with Crippen LogP contribution in [0.2, 0.25) is 5.15 Å². The van der Waals surface area contributed by atoms with Crippen LogP contribution in [0.4, 0.5) is 0 Å². The number of rotatable bonds is 1. The van der Waals surface area contributed by atoms with E-state index in [9.17, 15) is 4.79 Å². The van der Waals surface area contributed by atoms with Crippen molar-refractivity contribution in [2.24, 2.45) is 0 Å². The van der Waals surface area contributed by atoms with Crippen LogP contribution in [0.15, 0.2) is 18.6 Å². The molecule has 0 aliphatic carbocycles. The van der Waals surface area contributed by atoms with Crippen molar-refractivity contribution in [3.8, 4) is 0 Å². The van der Waals surface area contributed by atoms with Gasteiger partial charge in [0.25, 0.3) is 0 Å². The third-order valence-corrected chi connectivity index (χ3v) is 1.73. The number of aromatic carboxylic acids is 1. The number of fused-ring (bicyclic) bond motifs is 1. The number of hydrogen-bond donors (Lipinski definition) is 1. The van der Waals surface area contributed by atoms with Crippen LogP contribution < -0.4 is 0 Å². The second-order valence-corrected chi connectivity index (χ2v) is 2.76. The summed E-state index contributed by atoms with van der Waals surface area (Å²) in [5.74, 6) is -1.14. The van der Waals surface area contributed by atoms with Crippen molar-refractivity contribution >= 4 is 23.2 Å². The minimum Gasteiger partial charge on any atom is -0.476 e. The van der Waals surface area contributed by atoms with Crippen LogP contribution in [0.1, 0.15) is 10.5 Å². The molecule has 66 valence electrons. The lowest BCUT2D eigenvalue weighted by atomic mass is 10.4. The Kier molecular flexibility index (Phi) is 1.66. The van der Waals surface area contributed by atoms with E-state index in [2.05, 4.69) is 9.97 Å². The first-order chi connectivity index (χ1) is 6.18. The van der Waals surface area contributed by atoms with E-state index in [0.717, 1.165) is 0 Å². The molecule has 2 heterocycles. The second kappa shape index (κ2) is 2.70. The van der Waals surface area contributed by atoms with Crippen molar-refractivity contribution in [2.75, 3.05) is 0 Å². The van der Waals surface area contributed by atoms with Gasteiger partial charge < -0.3 is 9.51 Å². The highest BCUT2D eigenvalue weighted by atomic mass is 35.5. The zero-order chi connectivity index (χ0) is 9.42. The van der Waals surface area contributed by atoms with Gasteiger partial charge in [0, 0.05) is 18.6 Å². The number of nitrogens with zero attached hydrogens (tertiary/aromatic N) is 3. The highest BCUT2D eigenvalue weighted by Gasteiger charge is 2.12. The molecular formula is C7H4ClN3O2. The second-order valence-electron chi connectivity index (χ2n) is 2.38. The van der Waals surface area contributed by atoms with Crippen LogP contribution >= 0.6 is 11.6 Å². The fourth-order valence-corrected chi connectivity index (χ4v) is 1.23. The molecule has 0 spiro atoms. The van der Waals surface area contributed by atoms with Gasteiger partial charge in [-0.05, 0) is 0 Å². The van der Waals surface area contributed by atoms with Gasteiger partial charge in [-0.2, -0.15) is 0 Å². The molecule has 0 saturated carbocycles. The Labute approximate surface area is 77.6 Å². The number of hydrogen-bond acceptors (Lipinski definition) is 3. The van der Waals surface area contributed by atoms with Gasteiger partial charge in [-0.25, -0.2) is 14.8 Å². The maximum absolute atomic E-state index is 10.7. The van der Waals surface area contributed by atoms with Gasteiger partial charge in [0.05, 0.1) is 0 Å². The van der Waals surface area contributed by atoms with Gasteiger partial charge in [-0.3, -0.25) is 0 Å². The molecule has 13 heavy (non-hydrogen) atoms. The maximum atomic E-state index is 10.7. The smallest absolute Gasteiger partial charge is 0.358 e. The van der Waals surface area contributed by atoms with Gasteiger partial charge in [0.15, 0.2) is 11.3 Å². The summed E-state index contributed by atoms with van der Waals surface area (Å²) in [5.41, 5.74) is 0.148. The third kappa shape index (κ3) is 1.23. The summed E-state index contributed by atoms with van der Waals surface area (Å²) in [6, 6.07) is 0. The number of imidazole rings is 1. The Morgan fingerprint density at radius 3 is 3.08 bits per heavy atom. The fourth-order valence-electron chi connectivity index (χ4n) is 1.04. The summed E-state index contributed by atoms with van der Waals surface area (Å²) in [7, 11) is 0. The standard InChI is InChI=1S/C7H4ClN3O2/c8-4-3-11-2-1-9-6(11)5(10-4)7(12)13/h1-3H,(H,12,13). The number of halogens is 1. The van der Waals surface area contributed by atoms with Crippen molar-refractivity contribution in [3.05, 3.63) is 29.4 Å². The van der Waals surface area contributed by atoms with E-state index in [4.69, 9.17) is 16.7 Å². The van der Waals surface area contributed by atoms with Gasteiger partial charge in [0.1, 0.15) is 5.15 Å². The Morgan fingerprint density at radius 2 is 2.38 bits per heavy atom. The molecular weight excluding hydrogens is 194 g/mol. The highest BCUT2D eigenvalue weighted by molar-refractivity contribution is 6.29. The highest BCUT2D eigenvalue weighted by Crippen LogP contribution is 2.11. The average Bonchev–Trinajstić information content (AvgIpc) is 2.49. The molecule has 6 heteroatoms. The normalized spacial score (nSPS) is 10.5. The minimum atomic E-state index is -1.14. The van der Waals surface area contributed by atoms with Crippen molar-refractivity contribution in [3.63, 3.8) is 0 Å². The topological polar surface area (TPSA) is 67.5 Å². The summed E-state index contributed by atoms with van der Waals surface area (Å²) in [5, 5.41) is 8.88. The van der Waals surface area contributed by atoms with Crippen molar-refractivity contribution in [2.45, 2.75) is 0 Å². The number of carbonyl (C=O) groups is 1.